The van der Waals surface area contributed by atoms with E-state index in [4.69, 9.17) is 16.3 Å². The van der Waals surface area contributed by atoms with E-state index < -0.39 is 0 Å². The predicted molar refractivity (Wildman–Crippen MR) is 69.2 cm³/mol. The van der Waals surface area contributed by atoms with Crippen molar-refractivity contribution in [2.75, 3.05) is 13.2 Å². The lowest BCUT2D eigenvalue weighted by Gasteiger charge is -2.15. The molecular weight excluding hydrogens is 222 g/mol. The first-order valence-corrected chi connectivity index (χ1v) is 5.88. The van der Waals surface area contributed by atoms with E-state index in [1.165, 1.54) is 0 Å². The van der Waals surface area contributed by atoms with Gasteiger partial charge in [0.05, 0.1) is 6.04 Å². The largest absolute Gasteiger partial charge is 0.492 e. The van der Waals surface area contributed by atoms with E-state index in [9.17, 15) is 0 Å². The SMILES string of the molecule is C=CC(COc1cccc(Cl)c1)NCCC. The summed E-state index contributed by atoms with van der Waals surface area (Å²) in [6, 6.07) is 7.58. The maximum atomic E-state index is 5.86. The van der Waals surface area contributed by atoms with Crippen LogP contribution in [0.5, 0.6) is 5.75 Å². The van der Waals surface area contributed by atoms with Crippen LogP contribution in [0.3, 0.4) is 0 Å². The van der Waals surface area contributed by atoms with Crippen LogP contribution in [0.1, 0.15) is 13.3 Å². The molecule has 1 aromatic carbocycles. The quantitative estimate of drug-likeness (QED) is 0.738. The molecule has 1 N–H and O–H groups in total. The minimum atomic E-state index is 0.180. The average molecular weight is 240 g/mol. The third-order valence-electron chi connectivity index (χ3n) is 2.17. The van der Waals surface area contributed by atoms with E-state index in [1.54, 1.807) is 0 Å². The lowest BCUT2D eigenvalue weighted by Crippen LogP contribution is -2.33. The van der Waals surface area contributed by atoms with Crippen molar-refractivity contribution in [3.8, 4) is 5.75 Å². The summed E-state index contributed by atoms with van der Waals surface area (Å²) >= 11 is 5.86. The van der Waals surface area contributed by atoms with Gasteiger partial charge in [-0.25, -0.2) is 0 Å². The van der Waals surface area contributed by atoms with Gasteiger partial charge >= 0.3 is 0 Å². The number of hydrogen-bond donors (Lipinski definition) is 1. The van der Waals surface area contributed by atoms with Gasteiger partial charge in [-0.3, -0.25) is 0 Å². The van der Waals surface area contributed by atoms with Crippen molar-refractivity contribution in [1.29, 1.82) is 0 Å². The second kappa shape index (κ2) is 7.31. The Morgan fingerprint density at radius 3 is 3.00 bits per heavy atom. The molecule has 0 aliphatic carbocycles. The zero-order chi connectivity index (χ0) is 11.8. The normalized spacial score (nSPS) is 12.1. The standard InChI is InChI=1S/C13H18ClNO/c1-3-8-15-12(4-2)10-16-13-7-5-6-11(14)9-13/h4-7,9,12,15H,2-3,8,10H2,1H3. The molecule has 1 unspecified atom stereocenters. The second-order valence-corrected chi connectivity index (χ2v) is 4.00. The monoisotopic (exact) mass is 239 g/mol. The van der Waals surface area contributed by atoms with Gasteiger partial charge < -0.3 is 10.1 Å². The topological polar surface area (TPSA) is 21.3 Å². The van der Waals surface area contributed by atoms with E-state index in [0.29, 0.717) is 11.6 Å². The summed E-state index contributed by atoms with van der Waals surface area (Å²) in [5, 5.41) is 4.02. The van der Waals surface area contributed by atoms with E-state index in [0.717, 1.165) is 18.7 Å². The Labute approximate surface area is 102 Å². The number of ether oxygens (including phenoxy) is 1. The summed E-state index contributed by atoms with van der Waals surface area (Å²) < 4.78 is 5.62. The molecule has 3 heteroatoms. The first-order chi connectivity index (χ1) is 7.76. The van der Waals surface area contributed by atoms with Gasteiger partial charge in [0.15, 0.2) is 0 Å². The van der Waals surface area contributed by atoms with Crippen LogP contribution < -0.4 is 10.1 Å². The number of hydrogen-bond acceptors (Lipinski definition) is 2. The molecule has 16 heavy (non-hydrogen) atoms. The van der Waals surface area contributed by atoms with Gasteiger partial charge in [0.1, 0.15) is 12.4 Å². The minimum absolute atomic E-state index is 0.180. The minimum Gasteiger partial charge on any atom is -0.492 e. The van der Waals surface area contributed by atoms with Crippen molar-refractivity contribution in [3.63, 3.8) is 0 Å². The highest BCUT2D eigenvalue weighted by Crippen LogP contribution is 2.17. The van der Waals surface area contributed by atoms with Gasteiger partial charge in [-0.1, -0.05) is 30.7 Å². The zero-order valence-corrected chi connectivity index (χ0v) is 10.3. The third kappa shape index (κ3) is 4.69. The molecule has 88 valence electrons. The highest BCUT2D eigenvalue weighted by atomic mass is 35.5. The summed E-state index contributed by atoms with van der Waals surface area (Å²) in [6.07, 6.45) is 2.96. The molecule has 0 saturated carbocycles. The Morgan fingerprint density at radius 1 is 1.56 bits per heavy atom. The third-order valence-corrected chi connectivity index (χ3v) is 2.40. The van der Waals surface area contributed by atoms with E-state index >= 15 is 0 Å². The highest BCUT2D eigenvalue weighted by molar-refractivity contribution is 6.30. The highest BCUT2D eigenvalue weighted by Gasteiger charge is 2.03. The first kappa shape index (κ1) is 13.1. The van der Waals surface area contributed by atoms with E-state index in [-0.39, 0.29) is 6.04 Å². The summed E-state index contributed by atoms with van der Waals surface area (Å²) in [7, 11) is 0. The molecule has 0 heterocycles. The van der Waals surface area contributed by atoms with Crippen LogP contribution in [0.4, 0.5) is 0 Å². The molecule has 2 nitrogen and oxygen atoms in total. The van der Waals surface area contributed by atoms with E-state index in [2.05, 4.69) is 18.8 Å². The number of nitrogens with one attached hydrogen (secondary N) is 1. The second-order valence-electron chi connectivity index (χ2n) is 3.56. The molecule has 1 aromatic rings. The van der Waals surface area contributed by atoms with Gasteiger partial charge in [-0.15, -0.1) is 6.58 Å². The molecule has 1 rings (SSSR count). The summed E-state index contributed by atoms with van der Waals surface area (Å²) in [5.74, 6) is 0.789. The average Bonchev–Trinajstić information content (AvgIpc) is 2.29. The van der Waals surface area contributed by atoms with Gasteiger partial charge in [0.25, 0.3) is 0 Å². The van der Waals surface area contributed by atoms with Crippen LogP contribution in [0.2, 0.25) is 5.02 Å². The number of rotatable bonds is 7. The Hall–Kier alpha value is -0.990. The van der Waals surface area contributed by atoms with Crippen LogP contribution in [0, 0.1) is 0 Å². The molecule has 0 amide bonds. The van der Waals surface area contributed by atoms with Crippen LogP contribution in [0.15, 0.2) is 36.9 Å². The first-order valence-electron chi connectivity index (χ1n) is 5.50. The fourth-order valence-corrected chi connectivity index (χ4v) is 1.46. The fourth-order valence-electron chi connectivity index (χ4n) is 1.28. The molecule has 0 bridgehead atoms. The van der Waals surface area contributed by atoms with Crippen molar-refractivity contribution in [2.24, 2.45) is 0 Å². The number of halogens is 1. The molecular formula is C13H18ClNO. The smallest absolute Gasteiger partial charge is 0.120 e. The van der Waals surface area contributed by atoms with Crippen molar-refractivity contribution < 1.29 is 4.74 Å². The Morgan fingerprint density at radius 2 is 2.38 bits per heavy atom. The molecule has 0 aliphatic rings. The molecule has 0 aromatic heterocycles. The molecule has 0 spiro atoms. The zero-order valence-electron chi connectivity index (χ0n) is 9.58. The molecule has 0 saturated heterocycles. The Kier molecular flexibility index (Phi) is 5.98. The van der Waals surface area contributed by atoms with Crippen molar-refractivity contribution in [2.45, 2.75) is 19.4 Å². The maximum Gasteiger partial charge on any atom is 0.120 e. The van der Waals surface area contributed by atoms with Crippen LogP contribution >= 0.6 is 11.6 Å². The fraction of sp³-hybridized carbons (Fsp3) is 0.385. The Balaban J connectivity index is 2.40. The molecule has 1 atom stereocenters. The number of benzene rings is 1. The van der Waals surface area contributed by atoms with Gasteiger partial charge in [0, 0.05) is 5.02 Å². The van der Waals surface area contributed by atoms with E-state index in [1.807, 2.05) is 30.3 Å². The van der Waals surface area contributed by atoms with Crippen LogP contribution in [0.25, 0.3) is 0 Å². The predicted octanol–water partition coefficient (Wildman–Crippen LogP) is 3.27. The Bertz CT molecular complexity index is 327. The van der Waals surface area contributed by atoms with Gasteiger partial charge in [-0.05, 0) is 31.2 Å². The summed E-state index contributed by atoms with van der Waals surface area (Å²) in [4.78, 5) is 0. The molecule has 0 fully saturated rings. The van der Waals surface area contributed by atoms with Gasteiger partial charge in [0.2, 0.25) is 0 Å². The van der Waals surface area contributed by atoms with Crippen molar-refractivity contribution in [3.05, 3.63) is 41.9 Å². The maximum absolute atomic E-state index is 5.86. The lowest BCUT2D eigenvalue weighted by molar-refractivity contribution is 0.286. The molecule has 0 radical (unpaired) electrons. The van der Waals surface area contributed by atoms with Crippen LogP contribution in [-0.2, 0) is 0 Å². The van der Waals surface area contributed by atoms with Crippen molar-refractivity contribution in [1.82, 2.24) is 5.32 Å². The van der Waals surface area contributed by atoms with Crippen molar-refractivity contribution >= 4 is 11.6 Å². The molecule has 0 aliphatic heterocycles. The lowest BCUT2D eigenvalue weighted by atomic mass is 10.3. The summed E-state index contributed by atoms with van der Waals surface area (Å²) in [6.45, 7) is 7.45. The summed E-state index contributed by atoms with van der Waals surface area (Å²) in [5.41, 5.74) is 0. The van der Waals surface area contributed by atoms with Gasteiger partial charge in [-0.2, -0.15) is 0 Å². The van der Waals surface area contributed by atoms with Crippen LogP contribution in [-0.4, -0.2) is 19.2 Å².